The van der Waals surface area contributed by atoms with Crippen LogP contribution in [-0.2, 0) is 13.1 Å². The molecule has 2 aromatic heterocycles. The Morgan fingerprint density at radius 1 is 1.38 bits per heavy atom. The van der Waals surface area contributed by atoms with Crippen LogP contribution in [0.5, 0.6) is 0 Å². The number of hydrogen-bond acceptors (Lipinski definition) is 4. The molecule has 0 saturated carbocycles. The molecule has 0 amide bonds. The smallest absolute Gasteiger partial charge is 0.0994 e. The van der Waals surface area contributed by atoms with Gasteiger partial charge in [-0.15, -0.1) is 5.10 Å². The molecule has 0 aliphatic rings. The third kappa shape index (κ3) is 2.46. The zero-order chi connectivity index (χ0) is 11.4. The minimum Gasteiger partial charge on any atom is -0.323 e. The second kappa shape index (κ2) is 4.89. The molecule has 0 fully saturated rings. The van der Waals surface area contributed by atoms with Crippen molar-refractivity contribution >= 4 is 0 Å². The van der Waals surface area contributed by atoms with Crippen LogP contribution in [0.3, 0.4) is 0 Å². The molecule has 0 bridgehead atoms. The summed E-state index contributed by atoms with van der Waals surface area (Å²) in [6.45, 7) is 3.58. The van der Waals surface area contributed by atoms with Crippen LogP contribution < -0.4 is 5.73 Å². The van der Waals surface area contributed by atoms with E-state index in [9.17, 15) is 0 Å². The van der Waals surface area contributed by atoms with Crippen molar-refractivity contribution in [2.24, 2.45) is 5.73 Å². The third-order valence-electron chi connectivity index (χ3n) is 2.49. The number of aromatic nitrogens is 5. The minimum absolute atomic E-state index is 0.0153. The summed E-state index contributed by atoms with van der Waals surface area (Å²) in [6.07, 6.45) is 6.46. The van der Waals surface area contributed by atoms with Crippen molar-refractivity contribution in [2.75, 3.05) is 0 Å². The quantitative estimate of drug-likeness (QED) is 0.800. The number of aryl methyl sites for hydroxylation is 2. The molecule has 0 radical (unpaired) electrons. The SMILES string of the molecule is CCC(N)c1cn(CCn2cccn2)nn1. The normalized spacial score (nSPS) is 12.9. The highest BCUT2D eigenvalue weighted by Gasteiger charge is 2.07. The van der Waals surface area contributed by atoms with Gasteiger partial charge in [-0.05, 0) is 12.5 Å². The molecule has 16 heavy (non-hydrogen) atoms. The molecule has 6 nitrogen and oxygen atoms in total. The predicted molar refractivity (Wildman–Crippen MR) is 59.5 cm³/mol. The molecule has 2 rings (SSSR count). The van der Waals surface area contributed by atoms with Gasteiger partial charge in [0.15, 0.2) is 0 Å². The van der Waals surface area contributed by atoms with Crippen LogP contribution in [0, 0.1) is 0 Å². The van der Waals surface area contributed by atoms with Gasteiger partial charge < -0.3 is 5.73 Å². The molecular weight excluding hydrogens is 204 g/mol. The first kappa shape index (κ1) is 10.8. The lowest BCUT2D eigenvalue weighted by Gasteiger charge is -2.02. The standard InChI is InChI=1S/C10H16N6/c1-2-9(11)10-8-16(14-13-10)7-6-15-5-3-4-12-15/h3-5,8-9H,2,6-7,11H2,1H3. The second-order valence-electron chi connectivity index (χ2n) is 3.69. The molecule has 2 N–H and O–H groups in total. The summed E-state index contributed by atoms with van der Waals surface area (Å²) in [5, 5.41) is 12.2. The van der Waals surface area contributed by atoms with Crippen LogP contribution in [0.2, 0.25) is 0 Å². The van der Waals surface area contributed by atoms with Crippen molar-refractivity contribution in [1.82, 2.24) is 24.8 Å². The Morgan fingerprint density at radius 3 is 2.88 bits per heavy atom. The monoisotopic (exact) mass is 220 g/mol. The maximum atomic E-state index is 5.86. The zero-order valence-electron chi connectivity index (χ0n) is 9.32. The predicted octanol–water partition coefficient (Wildman–Crippen LogP) is 0.585. The largest absolute Gasteiger partial charge is 0.323 e. The highest BCUT2D eigenvalue weighted by Crippen LogP contribution is 2.08. The van der Waals surface area contributed by atoms with Crippen LogP contribution in [0.25, 0.3) is 0 Å². The van der Waals surface area contributed by atoms with Gasteiger partial charge in [-0.3, -0.25) is 9.36 Å². The Labute approximate surface area is 94.1 Å². The van der Waals surface area contributed by atoms with E-state index in [1.54, 1.807) is 10.9 Å². The lowest BCUT2D eigenvalue weighted by atomic mass is 10.2. The zero-order valence-corrected chi connectivity index (χ0v) is 9.32. The van der Waals surface area contributed by atoms with Crippen molar-refractivity contribution in [2.45, 2.75) is 32.5 Å². The average Bonchev–Trinajstić information content (AvgIpc) is 2.96. The molecule has 2 heterocycles. The molecule has 2 aromatic rings. The molecule has 0 spiro atoms. The van der Waals surface area contributed by atoms with E-state index in [0.717, 1.165) is 25.2 Å². The summed E-state index contributed by atoms with van der Waals surface area (Å²) in [7, 11) is 0. The van der Waals surface area contributed by atoms with E-state index in [1.165, 1.54) is 0 Å². The maximum Gasteiger partial charge on any atom is 0.0994 e. The first-order valence-electron chi connectivity index (χ1n) is 5.42. The molecule has 1 unspecified atom stereocenters. The first-order valence-corrected chi connectivity index (χ1v) is 5.42. The van der Waals surface area contributed by atoms with Crippen LogP contribution in [0.4, 0.5) is 0 Å². The van der Waals surface area contributed by atoms with Crippen LogP contribution in [0.15, 0.2) is 24.7 Å². The molecule has 0 aromatic carbocycles. The Morgan fingerprint density at radius 2 is 2.19 bits per heavy atom. The van der Waals surface area contributed by atoms with Gasteiger partial charge in [-0.1, -0.05) is 12.1 Å². The molecule has 0 aliphatic carbocycles. The second-order valence-corrected chi connectivity index (χ2v) is 3.69. The first-order chi connectivity index (χ1) is 7.79. The summed E-state index contributed by atoms with van der Waals surface area (Å²) in [6, 6.07) is 1.89. The molecule has 0 saturated heterocycles. The van der Waals surface area contributed by atoms with E-state index >= 15 is 0 Å². The fourth-order valence-corrected chi connectivity index (χ4v) is 1.44. The van der Waals surface area contributed by atoms with E-state index in [2.05, 4.69) is 15.4 Å². The number of nitrogens with two attached hydrogens (primary N) is 1. The van der Waals surface area contributed by atoms with E-state index in [1.807, 2.05) is 30.1 Å². The van der Waals surface area contributed by atoms with Gasteiger partial charge in [0.05, 0.1) is 31.0 Å². The summed E-state index contributed by atoms with van der Waals surface area (Å²) in [4.78, 5) is 0. The Kier molecular flexibility index (Phi) is 3.31. The van der Waals surface area contributed by atoms with Crippen LogP contribution in [-0.4, -0.2) is 24.8 Å². The Balaban J connectivity index is 1.93. The molecule has 86 valence electrons. The highest BCUT2D eigenvalue weighted by atomic mass is 15.4. The van der Waals surface area contributed by atoms with E-state index in [4.69, 9.17) is 5.73 Å². The van der Waals surface area contributed by atoms with Crippen molar-refractivity contribution < 1.29 is 0 Å². The lowest BCUT2D eigenvalue weighted by molar-refractivity contribution is 0.490. The number of rotatable bonds is 5. The van der Waals surface area contributed by atoms with Crippen molar-refractivity contribution in [3.05, 3.63) is 30.4 Å². The topological polar surface area (TPSA) is 74.5 Å². The molecule has 6 heteroatoms. The van der Waals surface area contributed by atoms with E-state index in [0.29, 0.717) is 0 Å². The Bertz CT molecular complexity index is 418. The van der Waals surface area contributed by atoms with Crippen molar-refractivity contribution in [1.29, 1.82) is 0 Å². The fraction of sp³-hybridized carbons (Fsp3) is 0.500. The maximum absolute atomic E-state index is 5.86. The average molecular weight is 220 g/mol. The minimum atomic E-state index is -0.0153. The van der Waals surface area contributed by atoms with Gasteiger partial charge in [0.1, 0.15) is 0 Å². The summed E-state index contributed by atoms with van der Waals surface area (Å²) in [5.41, 5.74) is 6.71. The van der Waals surface area contributed by atoms with E-state index < -0.39 is 0 Å². The Hall–Kier alpha value is -1.69. The van der Waals surface area contributed by atoms with Gasteiger partial charge in [0.2, 0.25) is 0 Å². The van der Waals surface area contributed by atoms with Crippen LogP contribution >= 0.6 is 0 Å². The van der Waals surface area contributed by atoms with Crippen molar-refractivity contribution in [3.63, 3.8) is 0 Å². The summed E-state index contributed by atoms with van der Waals surface area (Å²) < 4.78 is 3.66. The van der Waals surface area contributed by atoms with Gasteiger partial charge in [0, 0.05) is 12.4 Å². The van der Waals surface area contributed by atoms with Gasteiger partial charge in [-0.25, -0.2) is 0 Å². The molecular formula is C10H16N6. The summed E-state index contributed by atoms with van der Waals surface area (Å²) >= 11 is 0. The highest BCUT2D eigenvalue weighted by molar-refractivity contribution is 4.98. The van der Waals surface area contributed by atoms with Crippen LogP contribution in [0.1, 0.15) is 25.1 Å². The summed E-state index contributed by atoms with van der Waals surface area (Å²) in [5.74, 6) is 0. The van der Waals surface area contributed by atoms with E-state index in [-0.39, 0.29) is 6.04 Å². The lowest BCUT2D eigenvalue weighted by Crippen LogP contribution is -2.09. The molecule has 1 atom stereocenters. The van der Waals surface area contributed by atoms with Gasteiger partial charge >= 0.3 is 0 Å². The van der Waals surface area contributed by atoms with Gasteiger partial charge in [-0.2, -0.15) is 5.10 Å². The van der Waals surface area contributed by atoms with Crippen molar-refractivity contribution in [3.8, 4) is 0 Å². The number of hydrogen-bond donors (Lipinski definition) is 1. The number of nitrogens with zero attached hydrogens (tertiary/aromatic N) is 5. The fourth-order valence-electron chi connectivity index (χ4n) is 1.44. The van der Waals surface area contributed by atoms with Gasteiger partial charge in [0.25, 0.3) is 0 Å². The molecule has 0 aliphatic heterocycles. The third-order valence-corrected chi connectivity index (χ3v) is 2.49.